The van der Waals surface area contributed by atoms with Crippen molar-refractivity contribution >= 4 is 0 Å². The zero-order valence-electron chi connectivity index (χ0n) is 61.0. The molecule has 122 heavy (non-hydrogen) atoms. The fourth-order valence-corrected chi connectivity index (χ4v) is 3.69. The Bertz CT molecular complexity index is 8150. The van der Waals surface area contributed by atoms with Gasteiger partial charge in [-0.15, -0.1) is 0 Å². The molecule has 488 valence electrons. The molecule has 0 aliphatic carbocycles. The van der Waals surface area contributed by atoms with E-state index in [0.29, 0.717) is 0 Å². The minimum atomic E-state index is 1.87. The summed E-state index contributed by atoms with van der Waals surface area (Å²) < 4.78 is 0. The highest BCUT2D eigenvalue weighted by Gasteiger charge is 1.69. The third-order valence-corrected chi connectivity index (χ3v) is 7.44. The van der Waals surface area contributed by atoms with E-state index >= 15 is 0 Å². The van der Waals surface area contributed by atoms with Crippen molar-refractivity contribution in [3.05, 3.63) is 12.8 Å². The van der Waals surface area contributed by atoms with Gasteiger partial charge in [-0.05, 0) is 0 Å². The molecule has 0 aromatic carbocycles. The second-order valence-electron chi connectivity index (χ2n) is 15.0. The first kappa shape index (κ1) is 95.2. The van der Waals surface area contributed by atoms with Gasteiger partial charge in [-0.1, -0.05) is 0 Å². The first-order valence-corrected chi connectivity index (χ1v) is 30.2. The summed E-state index contributed by atoms with van der Waals surface area (Å²) in [6.45, 7) is 0. The summed E-state index contributed by atoms with van der Waals surface area (Å²) in [5, 5.41) is 0. The van der Waals surface area contributed by atoms with Crippen molar-refractivity contribution in [2.24, 2.45) is 0 Å². The normalized spacial score (nSPS) is 3.95. The standard InChI is InChI=1S/C122/c1-3-5-7-9-11-13-15-17-19-21-23-25-27-29-31-33-35-37-39-41-43-45-47-49-51-53-55-57-59-61-63-65-67-69-71-73-75-77-79-81-83-85-87-89-91-93-95-97-99-101-103-105-107-109-111-113-115-117-119-121-122-120-118-116-114-112-110-108-106-104-102-100-98-96-94-92-90-88-86-84-82-80-78-76-74-72-70-68-66-64-62-60-58-56-54-52-50-48-46-44-42-40-38-36-34-32-30-28-26-24-22-20-18-16-14-12-10-8-6-4-2. The van der Waals surface area contributed by atoms with Gasteiger partial charge in [0.1, 0.15) is 0 Å². The molecule has 0 saturated carbocycles. The van der Waals surface area contributed by atoms with Crippen molar-refractivity contribution in [2.75, 3.05) is 0 Å². The van der Waals surface area contributed by atoms with Gasteiger partial charge in [0, 0.05) is 723 Å². The van der Waals surface area contributed by atoms with E-state index in [1.54, 1.807) is 0 Å². The molecule has 0 aliphatic rings. The molecule has 0 amide bonds. The van der Waals surface area contributed by atoms with Gasteiger partial charge < -0.3 is 0 Å². The maximum atomic E-state index is 6.59. The van der Waals surface area contributed by atoms with Gasteiger partial charge in [0.05, 0.1) is 0 Å². The Labute approximate surface area is 718 Å². The Morgan fingerprint density at radius 1 is 0.0410 bits per heavy atom. The van der Waals surface area contributed by atoms with Crippen LogP contribution in [0.3, 0.4) is 0 Å². The van der Waals surface area contributed by atoms with E-state index in [0.717, 1.165) is 0 Å². The summed E-state index contributed by atoms with van der Waals surface area (Å²) in [7, 11) is 0. The van der Waals surface area contributed by atoms with E-state index in [1.807, 2.05) is 11.8 Å². The van der Waals surface area contributed by atoms with Crippen LogP contribution in [0.5, 0.6) is 0 Å². The Morgan fingerprint density at radius 2 is 0.0656 bits per heavy atom. The van der Waals surface area contributed by atoms with E-state index in [1.165, 1.54) is 0 Å². The molecule has 2 radical (unpaired) electrons. The largest absolute Gasteiger partial charge is 0 e. The lowest BCUT2D eigenvalue weighted by Crippen LogP contribution is -1.57. The van der Waals surface area contributed by atoms with Crippen LogP contribution >= 0.6 is 0 Å². The summed E-state index contributed by atoms with van der Waals surface area (Å²) in [5.41, 5.74) is 0. The monoisotopic (exact) mass is 1460 g/mol. The van der Waals surface area contributed by atoms with Crippen molar-refractivity contribution in [1.82, 2.24) is 0 Å². The van der Waals surface area contributed by atoms with Crippen molar-refractivity contribution < 1.29 is 0 Å². The number of hydrogen-bond donors (Lipinski definition) is 0. The van der Waals surface area contributed by atoms with Crippen LogP contribution in [0.4, 0.5) is 0 Å². The van der Waals surface area contributed by atoms with Gasteiger partial charge in [-0.3, -0.25) is 0 Å². The summed E-state index contributed by atoms with van der Waals surface area (Å²) in [4.78, 5) is 0. The van der Waals surface area contributed by atoms with Gasteiger partial charge in [0.25, 0.3) is 0 Å². The molecule has 0 heterocycles. The third kappa shape index (κ3) is 93.2. The summed E-state index contributed by atoms with van der Waals surface area (Å²) in [6, 6.07) is 0. The lowest BCUT2D eigenvalue weighted by Gasteiger charge is -1.58. The van der Waals surface area contributed by atoms with Crippen molar-refractivity contribution in [1.29, 1.82) is 0 Å². The maximum absolute atomic E-state index is 6.59. The first-order valence-electron chi connectivity index (χ1n) is 30.2. The molecule has 0 aromatic rings. The van der Waals surface area contributed by atoms with Crippen LogP contribution < -0.4 is 0 Å². The highest BCUT2D eigenvalue weighted by atomic mass is 13.7. The van der Waals surface area contributed by atoms with E-state index in [4.69, 9.17) is 12.8 Å². The quantitative estimate of drug-likeness (QED) is 0.309. The van der Waals surface area contributed by atoms with Crippen LogP contribution in [0.2, 0.25) is 0 Å². The molecule has 0 fully saturated rings. The zero-order chi connectivity index (χ0) is 86.9. The second-order valence-corrected chi connectivity index (χ2v) is 15.0. The highest BCUT2D eigenvalue weighted by Crippen LogP contribution is 1.69. The molecule has 0 nitrogen and oxygen atoms in total. The maximum Gasteiger partial charge on any atom is 0 e. The molecular formula is C122. The minimum absolute atomic E-state index is 1.87. The Balaban J connectivity index is 4.65. The summed E-state index contributed by atoms with van der Waals surface area (Å²) >= 11 is 0. The number of hydrogen-bond acceptors (Lipinski definition) is 0. The molecule has 0 spiro atoms. The van der Waals surface area contributed by atoms with E-state index < -0.39 is 0 Å². The Hall–Kier alpha value is -26.8. The van der Waals surface area contributed by atoms with Crippen LogP contribution in [-0.2, 0) is 0 Å². The summed E-state index contributed by atoms with van der Waals surface area (Å²) in [6.07, 6.45) is 13.2. The van der Waals surface area contributed by atoms with Gasteiger partial charge >= 0.3 is 0 Å². The molecular weight excluding hydrogens is 1470 g/mol. The van der Waals surface area contributed by atoms with Crippen molar-refractivity contribution in [3.8, 4) is 710 Å². The third-order valence-electron chi connectivity index (χ3n) is 7.44. The average molecular weight is 1470 g/mol. The average Bonchev–Trinajstić information content (AvgIpc) is 1.30. The van der Waals surface area contributed by atoms with Crippen molar-refractivity contribution in [3.63, 3.8) is 0 Å². The fourth-order valence-electron chi connectivity index (χ4n) is 3.69. The highest BCUT2D eigenvalue weighted by molar-refractivity contribution is 5.58. The topological polar surface area (TPSA) is 0 Å². The molecule has 0 N–H and O–H groups in total. The zero-order valence-corrected chi connectivity index (χ0v) is 61.0. The lowest BCUT2D eigenvalue weighted by atomic mass is 10.4. The molecule has 0 saturated heterocycles. The predicted octanol–water partition coefficient (Wildman–Crippen LogP) is 0.367. The first-order chi connectivity index (χ1) is 60.9. The second kappa shape index (κ2) is 94.2. The van der Waals surface area contributed by atoms with E-state index in [2.05, 4.69) is 699 Å². The van der Waals surface area contributed by atoms with E-state index in [-0.39, 0.29) is 0 Å². The SMILES string of the molecule is [C]#CC#CC#CC#CC#CC#CC#CC#CC#CC#CC#CC#CC#CC#CC#CC#CC#CC#CC#CC#CC#CC#CC#CC#CC#CC#CC#CC#CC#CC#CC#CC#CC#CC#CC#CC#CC#CC#CC#CC#CC#CC#CC#CC#CC#CC#CC#CC#CC#CC#CC#CC#CC#CC#CC#CC#CC#CC#CC#CC#CC#[C]. The van der Waals surface area contributed by atoms with Crippen LogP contribution in [0.25, 0.3) is 0 Å². The van der Waals surface area contributed by atoms with Gasteiger partial charge in [-0.25, -0.2) is 0 Å². The Morgan fingerprint density at radius 3 is 0.0902 bits per heavy atom. The van der Waals surface area contributed by atoms with Crippen LogP contribution in [-0.4, -0.2) is 0 Å². The smallest absolute Gasteiger partial charge is 0 e. The Kier molecular flexibility index (Phi) is 73.4. The molecule has 0 heteroatoms. The van der Waals surface area contributed by atoms with Crippen LogP contribution in [0.1, 0.15) is 0 Å². The lowest BCUT2D eigenvalue weighted by molar-refractivity contribution is 2.31. The van der Waals surface area contributed by atoms with Crippen LogP contribution in [0, 0.1) is 723 Å². The fraction of sp³-hybridized carbons (Fsp3) is 0. The van der Waals surface area contributed by atoms with Crippen molar-refractivity contribution in [2.45, 2.75) is 0 Å². The molecule has 0 aromatic heterocycles. The predicted molar refractivity (Wildman–Crippen MR) is 473 cm³/mol. The number of rotatable bonds is 0. The van der Waals surface area contributed by atoms with Gasteiger partial charge in [0.15, 0.2) is 0 Å². The molecule has 0 atom stereocenters. The van der Waals surface area contributed by atoms with E-state index in [9.17, 15) is 0 Å². The summed E-state index contributed by atoms with van der Waals surface area (Å²) in [5.74, 6) is 297. The molecule has 0 aliphatic heterocycles. The molecule has 0 rings (SSSR count). The minimum Gasteiger partial charge on any atom is 0 e. The molecule has 0 unspecified atom stereocenters. The van der Waals surface area contributed by atoms with Crippen LogP contribution in [0.15, 0.2) is 0 Å². The van der Waals surface area contributed by atoms with Gasteiger partial charge in [0.2, 0.25) is 0 Å². The van der Waals surface area contributed by atoms with Gasteiger partial charge in [-0.2, -0.15) is 0 Å². The molecule has 0 bridgehead atoms.